The molecule has 1 saturated heterocycles. The highest BCUT2D eigenvalue weighted by Crippen LogP contribution is 2.24. The molecule has 2 atom stereocenters. The minimum Gasteiger partial charge on any atom is -0.489 e. The molecule has 1 aliphatic rings. The summed E-state index contributed by atoms with van der Waals surface area (Å²) < 4.78 is 5.59. The zero-order valence-electron chi connectivity index (χ0n) is 13.9. The molecule has 1 aromatic carbocycles. The van der Waals surface area contributed by atoms with Crippen molar-refractivity contribution in [2.75, 3.05) is 25.1 Å². The molecule has 1 aliphatic heterocycles. The molecule has 0 bridgehead atoms. The zero-order chi connectivity index (χ0) is 16.8. The van der Waals surface area contributed by atoms with E-state index in [2.05, 4.69) is 18.8 Å². The van der Waals surface area contributed by atoms with Crippen LogP contribution in [0.5, 0.6) is 5.75 Å². The van der Waals surface area contributed by atoms with Gasteiger partial charge in [0.05, 0.1) is 12.6 Å². The van der Waals surface area contributed by atoms with Crippen LogP contribution in [-0.2, 0) is 0 Å². The number of rotatable bonds is 5. The van der Waals surface area contributed by atoms with E-state index in [1.807, 2.05) is 25.1 Å². The van der Waals surface area contributed by atoms with E-state index in [0.717, 1.165) is 18.4 Å². The van der Waals surface area contributed by atoms with Crippen LogP contribution >= 0.6 is 0 Å². The van der Waals surface area contributed by atoms with E-state index in [1.54, 1.807) is 11.0 Å². The number of hydrogen-bond acceptors (Lipinski definition) is 3. The Balaban J connectivity index is 2.01. The lowest BCUT2D eigenvalue weighted by atomic mass is 9.91. The van der Waals surface area contributed by atoms with Crippen LogP contribution in [0.25, 0.3) is 0 Å². The van der Waals surface area contributed by atoms with E-state index in [1.165, 1.54) is 0 Å². The third-order valence-electron chi connectivity index (χ3n) is 4.13. The van der Waals surface area contributed by atoms with Crippen molar-refractivity contribution < 1.29 is 14.6 Å². The van der Waals surface area contributed by atoms with Gasteiger partial charge in [-0.2, -0.15) is 0 Å². The van der Waals surface area contributed by atoms with Crippen molar-refractivity contribution in [3.63, 3.8) is 0 Å². The third kappa shape index (κ3) is 4.73. The Morgan fingerprint density at radius 2 is 2.30 bits per heavy atom. The van der Waals surface area contributed by atoms with E-state index in [-0.39, 0.29) is 18.7 Å². The first-order valence-corrected chi connectivity index (χ1v) is 8.07. The van der Waals surface area contributed by atoms with Gasteiger partial charge in [0, 0.05) is 18.3 Å². The number of benzene rings is 1. The number of likely N-dealkylation sites (tertiary alicyclic amines) is 1. The number of anilines is 1. The lowest BCUT2D eigenvalue weighted by Crippen LogP contribution is -2.51. The number of carbonyl (C=O) groups excluding carboxylic acids is 1. The Kier molecular flexibility index (Phi) is 6.04. The molecular weight excluding hydrogens is 292 g/mol. The molecule has 0 spiro atoms. The number of aliphatic hydroxyl groups excluding tert-OH is 1. The van der Waals surface area contributed by atoms with Gasteiger partial charge >= 0.3 is 6.03 Å². The summed E-state index contributed by atoms with van der Waals surface area (Å²) in [6, 6.07) is 7.01. The SMILES string of the molecule is C=C(C)COc1cccc(NC(=O)N2CCCC(C)C2CO)c1. The summed E-state index contributed by atoms with van der Waals surface area (Å²) in [4.78, 5) is 14.2. The van der Waals surface area contributed by atoms with Crippen LogP contribution in [0.4, 0.5) is 10.5 Å². The fraction of sp³-hybridized carbons (Fsp3) is 0.500. The molecule has 0 radical (unpaired) electrons. The highest BCUT2D eigenvalue weighted by atomic mass is 16.5. The van der Waals surface area contributed by atoms with Crippen molar-refractivity contribution in [3.8, 4) is 5.75 Å². The highest BCUT2D eigenvalue weighted by molar-refractivity contribution is 5.89. The minimum atomic E-state index is -0.173. The van der Waals surface area contributed by atoms with Crippen LogP contribution in [0.3, 0.4) is 0 Å². The average Bonchev–Trinajstić information content (AvgIpc) is 2.53. The predicted molar refractivity (Wildman–Crippen MR) is 91.7 cm³/mol. The fourth-order valence-corrected chi connectivity index (χ4v) is 2.85. The first-order chi connectivity index (χ1) is 11.0. The monoisotopic (exact) mass is 318 g/mol. The van der Waals surface area contributed by atoms with Crippen molar-refractivity contribution in [2.24, 2.45) is 5.92 Å². The van der Waals surface area contributed by atoms with Gasteiger partial charge < -0.3 is 20.1 Å². The Morgan fingerprint density at radius 1 is 1.52 bits per heavy atom. The second-order valence-corrected chi connectivity index (χ2v) is 6.27. The number of ether oxygens (including phenoxy) is 1. The van der Waals surface area contributed by atoms with Crippen LogP contribution in [0.15, 0.2) is 36.4 Å². The number of aliphatic hydroxyl groups is 1. The predicted octanol–water partition coefficient (Wildman–Crippen LogP) is 3.27. The molecule has 0 saturated carbocycles. The largest absolute Gasteiger partial charge is 0.489 e. The first kappa shape index (κ1) is 17.3. The molecular formula is C18H26N2O3. The molecule has 0 aromatic heterocycles. The van der Waals surface area contributed by atoms with Crippen LogP contribution < -0.4 is 10.1 Å². The molecule has 2 N–H and O–H groups in total. The summed E-state index contributed by atoms with van der Waals surface area (Å²) in [5.74, 6) is 1.00. The smallest absolute Gasteiger partial charge is 0.322 e. The summed E-state index contributed by atoms with van der Waals surface area (Å²) in [6.07, 6.45) is 2.01. The Bertz CT molecular complexity index is 559. The quantitative estimate of drug-likeness (QED) is 0.819. The maximum Gasteiger partial charge on any atom is 0.322 e. The van der Waals surface area contributed by atoms with Crippen molar-refractivity contribution in [2.45, 2.75) is 32.7 Å². The zero-order valence-corrected chi connectivity index (χ0v) is 13.9. The Morgan fingerprint density at radius 3 is 3.00 bits per heavy atom. The average molecular weight is 318 g/mol. The summed E-state index contributed by atoms with van der Waals surface area (Å²) >= 11 is 0. The number of amides is 2. The van der Waals surface area contributed by atoms with Crippen LogP contribution in [-0.4, -0.2) is 41.8 Å². The van der Waals surface area contributed by atoms with Gasteiger partial charge in [0.1, 0.15) is 12.4 Å². The highest BCUT2D eigenvalue weighted by Gasteiger charge is 2.31. The second kappa shape index (κ2) is 8.02. The summed E-state index contributed by atoms with van der Waals surface area (Å²) in [5.41, 5.74) is 1.62. The van der Waals surface area contributed by atoms with Gasteiger partial charge in [0.15, 0.2) is 0 Å². The van der Waals surface area contributed by atoms with Crippen molar-refractivity contribution in [3.05, 3.63) is 36.4 Å². The lowest BCUT2D eigenvalue weighted by Gasteiger charge is -2.38. The molecule has 5 nitrogen and oxygen atoms in total. The van der Waals surface area contributed by atoms with E-state index < -0.39 is 0 Å². The Labute approximate surface area is 137 Å². The maximum absolute atomic E-state index is 12.5. The van der Waals surface area contributed by atoms with Gasteiger partial charge in [-0.25, -0.2) is 4.79 Å². The number of nitrogens with one attached hydrogen (secondary N) is 1. The second-order valence-electron chi connectivity index (χ2n) is 6.27. The van der Waals surface area contributed by atoms with Crippen molar-refractivity contribution in [1.29, 1.82) is 0 Å². The fourth-order valence-electron chi connectivity index (χ4n) is 2.85. The van der Waals surface area contributed by atoms with Gasteiger partial charge in [0.25, 0.3) is 0 Å². The first-order valence-electron chi connectivity index (χ1n) is 8.07. The lowest BCUT2D eigenvalue weighted by molar-refractivity contribution is 0.0811. The minimum absolute atomic E-state index is 0.00362. The maximum atomic E-state index is 12.5. The summed E-state index contributed by atoms with van der Waals surface area (Å²) in [5, 5.41) is 12.5. The van der Waals surface area contributed by atoms with Gasteiger partial charge in [-0.1, -0.05) is 19.6 Å². The van der Waals surface area contributed by atoms with Crippen molar-refractivity contribution >= 4 is 11.7 Å². The van der Waals surface area contributed by atoms with E-state index in [4.69, 9.17) is 4.74 Å². The van der Waals surface area contributed by atoms with Gasteiger partial charge in [-0.3, -0.25) is 0 Å². The molecule has 126 valence electrons. The van der Waals surface area contributed by atoms with Gasteiger partial charge in [0.2, 0.25) is 0 Å². The summed E-state index contributed by atoms with van der Waals surface area (Å²) in [7, 11) is 0. The van der Waals surface area contributed by atoms with Crippen LogP contribution in [0, 0.1) is 5.92 Å². The topological polar surface area (TPSA) is 61.8 Å². The molecule has 1 fully saturated rings. The molecule has 2 rings (SSSR count). The van der Waals surface area contributed by atoms with Gasteiger partial charge in [-0.15, -0.1) is 0 Å². The standard InChI is InChI=1S/C18H26N2O3/c1-13(2)12-23-16-8-4-7-15(10-16)19-18(22)20-9-5-6-14(3)17(20)11-21/h4,7-8,10,14,17,21H,1,5-6,9,11-12H2,2-3H3,(H,19,22). The van der Waals surface area contributed by atoms with E-state index in [9.17, 15) is 9.90 Å². The summed E-state index contributed by atoms with van der Waals surface area (Å²) in [6.45, 7) is 8.90. The number of nitrogens with zero attached hydrogens (tertiary/aromatic N) is 1. The number of hydrogen-bond donors (Lipinski definition) is 2. The van der Waals surface area contributed by atoms with Gasteiger partial charge in [-0.05, 0) is 43.4 Å². The Hall–Kier alpha value is -2.01. The molecule has 2 unspecified atom stereocenters. The van der Waals surface area contributed by atoms with E-state index >= 15 is 0 Å². The molecule has 1 heterocycles. The molecule has 5 heteroatoms. The number of carbonyl (C=O) groups is 1. The molecule has 0 aliphatic carbocycles. The normalized spacial score (nSPS) is 20.9. The molecule has 1 aromatic rings. The van der Waals surface area contributed by atoms with Crippen LogP contribution in [0.1, 0.15) is 26.7 Å². The number of urea groups is 1. The number of piperidine rings is 1. The molecule has 23 heavy (non-hydrogen) atoms. The van der Waals surface area contributed by atoms with Crippen molar-refractivity contribution in [1.82, 2.24) is 4.90 Å². The van der Waals surface area contributed by atoms with E-state index in [0.29, 0.717) is 30.5 Å². The third-order valence-corrected chi connectivity index (χ3v) is 4.13. The van der Waals surface area contributed by atoms with Crippen LogP contribution in [0.2, 0.25) is 0 Å². The molecule has 2 amide bonds.